The van der Waals surface area contributed by atoms with Gasteiger partial charge in [-0.1, -0.05) is 42.5 Å². The molecule has 2 aromatic heterocycles. The van der Waals surface area contributed by atoms with Crippen LogP contribution in [0.3, 0.4) is 0 Å². The fraction of sp³-hybridized carbons (Fsp3) is 0.100. The molecule has 9 nitrogen and oxygen atoms in total. The third-order valence-corrected chi connectivity index (χ3v) is 7.35. The molecule has 0 unspecified atom stereocenters. The summed E-state index contributed by atoms with van der Waals surface area (Å²) in [5.41, 5.74) is 12.3. The number of aromatic amines is 1. The predicted molar refractivity (Wildman–Crippen MR) is 155 cm³/mol. The summed E-state index contributed by atoms with van der Waals surface area (Å²) in [4.78, 5) is 44.4. The summed E-state index contributed by atoms with van der Waals surface area (Å²) in [6.45, 7) is 2.16. The first-order valence-corrected chi connectivity index (χ1v) is 13.2. The molecule has 5 N–H and O–H groups in total. The lowest BCUT2D eigenvalue weighted by molar-refractivity contribution is -0.120. The first-order valence-electron chi connectivity index (χ1n) is 12.4. The summed E-state index contributed by atoms with van der Waals surface area (Å²) in [7, 11) is 0. The summed E-state index contributed by atoms with van der Waals surface area (Å²) >= 11 is 1.26. The van der Waals surface area contributed by atoms with Crippen LogP contribution in [0.1, 0.15) is 37.7 Å². The van der Waals surface area contributed by atoms with E-state index in [2.05, 4.69) is 20.6 Å². The molecule has 3 aromatic carbocycles. The zero-order chi connectivity index (χ0) is 28.2. The second-order valence-corrected chi connectivity index (χ2v) is 9.93. The van der Waals surface area contributed by atoms with Crippen molar-refractivity contribution in [3.05, 3.63) is 93.9 Å². The largest absolute Gasteiger partial charge is 0.366 e. The van der Waals surface area contributed by atoms with Crippen LogP contribution in [0.5, 0.6) is 0 Å². The number of rotatable bonds is 8. The minimum Gasteiger partial charge on any atom is -0.366 e. The van der Waals surface area contributed by atoms with Gasteiger partial charge < -0.3 is 21.4 Å². The number of nitrogens with two attached hydrogens (primary N) is 1. The molecule has 0 saturated carbocycles. The predicted octanol–water partition coefficient (Wildman–Crippen LogP) is 5.15. The van der Waals surface area contributed by atoms with Crippen LogP contribution in [-0.2, 0) is 11.3 Å². The van der Waals surface area contributed by atoms with Crippen LogP contribution in [-0.4, -0.2) is 27.7 Å². The number of H-pyrrole nitrogens is 1. The molecule has 0 fully saturated rings. The van der Waals surface area contributed by atoms with Gasteiger partial charge in [-0.25, -0.2) is 4.98 Å². The molecule has 5 rings (SSSR count). The van der Waals surface area contributed by atoms with Gasteiger partial charge in [-0.3, -0.25) is 14.4 Å². The van der Waals surface area contributed by atoms with Crippen molar-refractivity contribution in [2.45, 2.75) is 19.9 Å². The van der Waals surface area contributed by atoms with E-state index < -0.39 is 5.91 Å². The number of primary amides is 1. The number of anilines is 1. The smallest absolute Gasteiger partial charge is 0.284 e. The zero-order valence-electron chi connectivity index (χ0n) is 21.4. The highest BCUT2D eigenvalue weighted by Gasteiger charge is 2.19. The molecule has 198 valence electrons. The van der Waals surface area contributed by atoms with Gasteiger partial charge in [-0.05, 0) is 47.4 Å². The van der Waals surface area contributed by atoms with Gasteiger partial charge in [-0.2, -0.15) is 5.26 Å². The second kappa shape index (κ2) is 11.2. The van der Waals surface area contributed by atoms with Crippen molar-refractivity contribution in [2.75, 3.05) is 5.32 Å². The van der Waals surface area contributed by atoms with Crippen LogP contribution < -0.4 is 16.4 Å². The summed E-state index contributed by atoms with van der Waals surface area (Å²) < 4.78 is 0. The van der Waals surface area contributed by atoms with Crippen LogP contribution in [0.15, 0.2) is 72.2 Å². The van der Waals surface area contributed by atoms with Crippen molar-refractivity contribution in [1.29, 1.82) is 5.26 Å². The molecule has 0 bridgehead atoms. The summed E-state index contributed by atoms with van der Waals surface area (Å²) in [5, 5.41) is 17.4. The van der Waals surface area contributed by atoms with E-state index in [1.807, 2.05) is 67.6 Å². The van der Waals surface area contributed by atoms with Gasteiger partial charge in [0.05, 0.1) is 17.1 Å². The van der Waals surface area contributed by atoms with E-state index in [-0.39, 0.29) is 24.8 Å². The van der Waals surface area contributed by atoms with Crippen molar-refractivity contribution < 1.29 is 14.4 Å². The van der Waals surface area contributed by atoms with E-state index in [4.69, 9.17) is 11.0 Å². The van der Waals surface area contributed by atoms with Gasteiger partial charge in [0, 0.05) is 40.5 Å². The molecule has 0 aliphatic heterocycles. The standard InChI is InChI=1S/C30H24N6O3S/c1-17-19(7-4-8-24(17)36-29(39)30-33-13-14-40-30)21-9-10-22(28(32)38)27-23(21)15-25(35-27)20-6-3-2-5-18(20)16-34-26(37)11-12-31/h2-10,13-15,35H,11,16H2,1H3,(H2,32,38)(H,34,37)(H,36,39). The van der Waals surface area contributed by atoms with Crippen molar-refractivity contribution >= 4 is 45.6 Å². The highest BCUT2D eigenvalue weighted by molar-refractivity contribution is 7.11. The number of carbonyl (C=O) groups excluding carboxylic acids is 3. The first kappa shape index (κ1) is 26.3. The van der Waals surface area contributed by atoms with Gasteiger partial charge in [0.25, 0.3) is 11.8 Å². The van der Waals surface area contributed by atoms with E-state index in [1.54, 1.807) is 17.6 Å². The molecule has 40 heavy (non-hydrogen) atoms. The Morgan fingerprint density at radius 2 is 1.85 bits per heavy atom. The fourth-order valence-electron chi connectivity index (χ4n) is 4.64. The Bertz CT molecular complexity index is 1800. The molecule has 0 atom stereocenters. The van der Waals surface area contributed by atoms with Gasteiger partial charge in [-0.15, -0.1) is 11.3 Å². The van der Waals surface area contributed by atoms with Gasteiger partial charge >= 0.3 is 0 Å². The first-order chi connectivity index (χ1) is 19.4. The Balaban J connectivity index is 1.59. The maximum Gasteiger partial charge on any atom is 0.284 e. The van der Waals surface area contributed by atoms with E-state index in [0.29, 0.717) is 21.8 Å². The fourth-order valence-corrected chi connectivity index (χ4v) is 5.17. The van der Waals surface area contributed by atoms with E-state index >= 15 is 0 Å². The maximum absolute atomic E-state index is 12.7. The zero-order valence-corrected chi connectivity index (χ0v) is 22.3. The molecule has 5 aromatic rings. The molecule has 2 heterocycles. The lowest BCUT2D eigenvalue weighted by Crippen LogP contribution is -2.22. The van der Waals surface area contributed by atoms with E-state index in [0.717, 1.165) is 38.9 Å². The van der Waals surface area contributed by atoms with Crippen molar-refractivity contribution in [2.24, 2.45) is 5.73 Å². The number of amides is 3. The van der Waals surface area contributed by atoms with E-state index in [9.17, 15) is 14.4 Å². The second-order valence-electron chi connectivity index (χ2n) is 9.03. The Kier molecular flexibility index (Phi) is 7.39. The SMILES string of the molecule is Cc1c(NC(=O)c2nccs2)cccc1-c1ccc(C(N)=O)c2[nH]c(-c3ccccc3CNC(=O)CC#N)cc12. The van der Waals surface area contributed by atoms with Gasteiger partial charge in [0.1, 0.15) is 6.42 Å². The maximum atomic E-state index is 12.7. The van der Waals surface area contributed by atoms with E-state index in [1.165, 1.54) is 11.3 Å². The Labute approximate surface area is 233 Å². The summed E-state index contributed by atoms with van der Waals surface area (Å²) in [6, 6.07) is 20.5. The normalized spacial score (nSPS) is 10.7. The quantitative estimate of drug-likeness (QED) is 0.211. The minimum atomic E-state index is -0.566. The van der Waals surface area contributed by atoms with Crippen LogP contribution in [0.25, 0.3) is 33.3 Å². The Morgan fingerprint density at radius 3 is 2.60 bits per heavy atom. The van der Waals surface area contributed by atoms with Crippen LogP contribution in [0.4, 0.5) is 5.69 Å². The van der Waals surface area contributed by atoms with Crippen LogP contribution >= 0.6 is 11.3 Å². The molecule has 0 aliphatic rings. The lowest BCUT2D eigenvalue weighted by atomic mass is 9.94. The average Bonchev–Trinajstić information content (AvgIpc) is 3.64. The Morgan fingerprint density at radius 1 is 1.05 bits per heavy atom. The molecule has 0 aliphatic carbocycles. The number of carbonyl (C=O) groups is 3. The van der Waals surface area contributed by atoms with Crippen molar-refractivity contribution in [1.82, 2.24) is 15.3 Å². The number of hydrogen-bond acceptors (Lipinski definition) is 6. The van der Waals surface area contributed by atoms with Crippen molar-refractivity contribution in [3.63, 3.8) is 0 Å². The topological polar surface area (TPSA) is 154 Å². The molecular weight excluding hydrogens is 524 g/mol. The number of fused-ring (bicyclic) bond motifs is 1. The molecule has 0 radical (unpaired) electrons. The van der Waals surface area contributed by atoms with Gasteiger partial charge in [0.2, 0.25) is 5.91 Å². The molecule has 3 amide bonds. The monoisotopic (exact) mass is 548 g/mol. The number of nitrogens with zero attached hydrogens (tertiary/aromatic N) is 2. The third-order valence-electron chi connectivity index (χ3n) is 6.58. The van der Waals surface area contributed by atoms with Crippen LogP contribution in [0, 0.1) is 18.3 Å². The number of hydrogen-bond donors (Lipinski definition) is 4. The number of thiazole rings is 1. The molecular formula is C30H24N6O3S. The van der Waals surface area contributed by atoms with Crippen LogP contribution in [0.2, 0.25) is 0 Å². The van der Waals surface area contributed by atoms with Gasteiger partial charge in [0.15, 0.2) is 5.01 Å². The molecule has 0 spiro atoms. The molecule has 0 saturated heterocycles. The minimum absolute atomic E-state index is 0.220. The van der Waals surface area contributed by atoms with Crippen molar-refractivity contribution in [3.8, 4) is 28.5 Å². The number of benzene rings is 3. The number of nitrogens with one attached hydrogen (secondary N) is 3. The lowest BCUT2D eigenvalue weighted by Gasteiger charge is -2.14. The molecule has 10 heteroatoms. The summed E-state index contributed by atoms with van der Waals surface area (Å²) in [5.74, 6) is -1.21. The number of aromatic nitrogens is 2. The highest BCUT2D eigenvalue weighted by atomic mass is 32.1. The third kappa shape index (κ3) is 5.18. The highest BCUT2D eigenvalue weighted by Crippen LogP contribution is 2.38. The number of nitriles is 1. The Hall–Kier alpha value is -5.27. The summed E-state index contributed by atoms with van der Waals surface area (Å²) in [6.07, 6.45) is 1.37. The average molecular weight is 549 g/mol.